The van der Waals surface area contributed by atoms with E-state index in [0.29, 0.717) is 22.2 Å². The van der Waals surface area contributed by atoms with Gasteiger partial charge in [-0.15, -0.1) is 11.3 Å². The first-order valence-electron chi connectivity index (χ1n) is 7.29. The molecular weight excluding hydrogens is 364 g/mol. The zero-order chi connectivity index (χ0) is 17.1. The minimum absolute atomic E-state index is 0.134. The van der Waals surface area contributed by atoms with E-state index in [1.807, 2.05) is 35.7 Å². The number of hydrogen-bond acceptors (Lipinski definition) is 4. The second kappa shape index (κ2) is 7.29. The molecule has 2 N–H and O–H groups in total. The molecular formula is C16H15ClN4OS2. The first kappa shape index (κ1) is 16.9. The molecule has 5 nitrogen and oxygen atoms in total. The van der Waals surface area contributed by atoms with Crippen molar-refractivity contribution >= 4 is 41.1 Å². The molecule has 0 saturated carbocycles. The summed E-state index contributed by atoms with van der Waals surface area (Å²) in [5.74, 6) is 0.533. The highest BCUT2D eigenvalue weighted by molar-refractivity contribution is 7.71. The number of carbonyl (C=O) groups excluding carboxylic acids is 1. The quantitative estimate of drug-likeness (QED) is 0.654. The van der Waals surface area contributed by atoms with Crippen LogP contribution in [0.3, 0.4) is 0 Å². The van der Waals surface area contributed by atoms with Gasteiger partial charge in [-0.2, -0.15) is 5.10 Å². The monoisotopic (exact) mass is 378 g/mol. The van der Waals surface area contributed by atoms with E-state index in [-0.39, 0.29) is 5.91 Å². The summed E-state index contributed by atoms with van der Waals surface area (Å²) in [4.78, 5) is 13.5. The number of nitrogens with zero attached hydrogens (tertiary/aromatic N) is 2. The minimum Gasteiger partial charge on any atom is -0.350 e. The van der Waals surface area contributed by atoms with Gasteiger partial charge in [0.15, 0.2) is 10.6 Å². The summed E-state index contributed by atoms with van der Waals surface area (Å²) in [6.45, 7) is 2.21. The van der Waals surface area contributed by atoms with Crippen LogP contribution in [0.2, 0.25) is 5.02 Å². The van der Waals surface area contributed by atoms with Gasteiger partial charge in [0.1, 0.15) is 6.04 Å². The molecule has 0 bridgehead atoms. The third kappa shape index (κ3) is 3.58. The number of hydrogen-bond donors (Lipinski definition) is 2. The average Bonchev–Trinajstić information content (AvgIpc) is 3.21. The van der Waals surface area contributed by atoms with E-state index in [0.717, 1.165) is 10.4 Å². The van der Waals surface area contributed by atoms with Crippen molar-refractivity contribution in [3.63, 3.8) is 0 Å². The van der Waals surface area contributed by atoms with E-state index in [2.05, 4.69) is 15.5 Å². The fraction of sp³-hybridized carbons (Fsp3) is 0.188. The summed E-state index contributed by atoms with van der Waals surface area (Å²) < 4.78 is 2.15. The number of aromatic nitrogens is 3. The summed E-state index contributed by atoms with van der Waals surface area (Å²) in [5.41, 5.74) is 0.942. The predicted octanol–water partition coefficient (Wildman–Crippen LogP) is 4.20. The largest absolute Gasteiger partial charge is 0.350 e. The van der Waals surface area contributed by atoms with Crippen molar-refractivity contribution in [1.29, 1.82) is 0 Å². The molecule has 1 aromatic carbocycles. The van der Waals surface area contributed by atoms with E-state index < -0.39 is 6.04 Å². The molecule has 3 aromatic rings. The van der Waals surface area contributed by atoms with Crippen molar-refractivity contribution in [3.8, 4) is 10.7 Å². The van der Waals surface area contributed by atoms with Gasteiger partial charge >= 0.3 is 0 Å². The summed E-state index contributed by atoms with van der Waals surface area (Å²) in [7, 11) is 0. The van der Waals surface area contributed by atoms with Crippen molar-refractivity contribution in [2.75, 3.05) is 0 Å². The molecule has 0 aliphatic carbocycles. The highest BCUT2D eigenvalue weighted by Gasteiger charge is 2.21. The van der Waals surface area contributed by atoms with E-state index in [1.165, 1.54) is 0 Å². The normalized spacial score (nSPS) is 12.1. The van der Waals surface area contributed by atoms with Gasteiger partial charge in [0.05, 0.1) is 4.88 Å². The van der Waals surface area contributed by atoms with Gasteiger partial charge in [-0.25, -0.2) is 0 Å². The minimum atomic E-state index is -0.479. The molecule has 0 radical (unpaired) electrons. The van der Waals surface area contributed by atoms with Crippen molar-refractivity contribution in [3.05, 3.63) is 57.1 Å². The van der Waals surface area contributed by atoms with Crippen LogP contribution in [-0.2, 0) is 11.3 Å². The molecule has 2 heterocycles. The number of halogens is 1. The first-order valence-corrected chi connectivity index (χ1v) is 8.96. The molecule has 124 valence electrons. The molecule has 1 amide bonds. The van der Waals surface area contributed by atoms with Crippen molar-refractivity contribution in [2.45, 2.75) is 19.5 Å². The zero-order valence-corrected chi connectivity index (χ0v) is 15.2. The number of amides is 1. The maximum Gasteiger partial charge on any atom is 0.243 e. The van der Waals surface area contributed by atoms with Crippen LogP contribution in [0.5, 0.6) is 0 Å². The maximum atomic E-state index is 12.5. The third-order valence-electron chi connectivity index (χ3n) is 3.57. The topological polar surface area (TPSA) is 62.7 Å². The average molecular weight is 379 g/mol. The Morgan fingerprint density at radius 1 is 1.46 bits per heavy atom. The van der Waals surface area contributed by atoms with Crippen LogP contribution < -0.4 is 5.32 Å². The van der Waals surface area contributed by atoms with Crippen LogP contribution in [0.15, 0.2) is 41.8 Å². The van der Waals surface area contributed by atoms with E-state index >= 15 is 0 Å². The summed E-state index contributed by atoms with van der Waals surface area (Å²) in [6.07, 6.45) is 0. The molecule has 1 unspecified atom stereocenters. The highest BCUT2D eigenvalue weighted by atomic mass is 35.5. The Bertz CT molecular complexity index is 901. The molecule has 2 aromatic heterocycles. The van der Waals surface area contributed by atoms with Crippen molar-refractivity contribution in [1.82, 2.24) is 20.1 Å². The number of thiophene rings is 1. The smallest absolute Gasteiger partial charge is 0.243 e. The highest BCUT2D eigenvalue weighted by Crippen LogP contribution is 2.25. The Morgan fingerprint density at radius 3 is 3.00 bits per heavy atom. The number of aromatic amines is 1. The van der Waals surface area contributed by atoms with Crippen LogP contribution in [-0.4, -0.2) is 20.7 Å². The zero-order valence-electron chi connectivity index (χ0n) is 12.8. The number of carbonyl (C=O) groups is 1. The van der Waals surface area contributed by atoms with E-state index in [9.17, 15) is 4.79 Å². The molecule has 0 aliphatic heterocycles. The fourth-order valence-corrected chi connectivity index (χ4v) is 3.56. The molecule has 0 saturated heterocycles. The van der Waals surface area contributed by atoms with Gasteiger partial charge < -0.3 is 5.32 Å². The SMILES string of the molecule is CC(C(=O)NCc1cccc(Cl)c1)n1c(-c2cccs2)n[nH]c1=S. The van der Waals surface area contributed by atoms with E-state index in [4.69, 9.17) is 23.8 Å². The summed E-state index contributed by atoms with van der Waals surface area (Å²) in [5, 5.41) is 12.5. The van der Waals surface area contributed by atoms with Gasteiger partial charge in [-0.3, -0.25) is 14.5 Å². The molecule has 0 aliphatic rings. The molecule has 0 spiro atoms. The van der Waals surface area contributed by atoms with E-state index in [1.54, 1.807) is 28.9 Å². The fourth-order valence-electron chi connectivity index (χ4n) is 2.34. The molecule has 3 rings (SSSR count). The Labute approximate surface area is 153 Å². The first-order chi connectivity index (χ1) is 11.6. The van der Waals surface area contributed by atoms with Crippen molar-refractivity contribution < 1.29 is 4.79 Å². The Morgan fingerprint density at radius 2 is 2.29 bits per heavy atom. The number of H-pyrrole nitrogens is 1. The second-order valence-electron chi connectivity index (χ2n) is 5.22. The van der Waals surface area contributed by atoms with Gasteiger partial charge in [0.2, 0.25) is 5.91 Å². The lowest BCUT2D eigenvalue weighted by molar-refractivity contribution is -0.124. The maximum absolute atomic E-state index is 12.5. The number of rotatable bonds is 5. The van der Waals surface area contributed by atoms with Crippen LogP contribution >= 0.6 is 35.2 Å². The molecule has 0 fully saturated rings. The summed E-state index contributed by atoms with van der Waals surface area (Å²) >= 11 is 12.8. The Kier molecular flexibility index (Phi) is 5.13. The van der Waals surface area contributed by atoms with Gasteiger partial charge in [0, 0.05) is 11.6 Å². The van der Waals surface area contributed by atoms with Gasteiger partial charge in [-0.05, 0) is 48.3 Å². The predicted molar refractivity (Wildman–Crippen MR) is 98.7 cm³/mol. The number of nitrogens with one attached hydrogen (secondary N) is 2. The van der Waals surface area contributed by atoms with Crippen LogP contribution in [0.1, 0.15) is 18.5 Å². The van der Waals surface area contributed by atoms with Gasteiger partial charge in [0.25, 0.3) is 0 Å². The lowest BCUT2D eigenvalue weighted by Gasteiger charge is -2.15. The van der Waals surface area contributed by atoms with Gasteiger partial charge in [-0.1, -0.05) is 29.8 Å². The standard InChI is InChI=1S/C16H15ClN4OS2/c1-10(15(22)18-9-11-4-2-5-12(17)8-11)21-14(19-20-16(21)23)13-6-3-7-24-13/h2-8,10H,9H2,1H3,(H,18,22)(H,20,23). The van der Waals surface area contributed by atoms with Crippen LogP contribution in [0, 0.1) is 4.77 Å². The Hall–Kier alpha value is -1.96. The van der Waals surface area contributed by atoms with Crippen LogP contribution in [0.25, 0.3) is 10.7 Å². The third-order valence-corrected chi connectivity index (χ3v) is 4.96. The lowest BCUT2D eigenvalue weighted by Crippen LogP contribution is -2.31. The summed E-state index contributed by atoms with van der Waals surface area (Å²) in [6, 6.07) is 10.8. The lowest BCUT2D eigenvalue weighted by atomic mass is 10.2. The van der Waals surface area contributed by atoms with Crippen LogP contribution in [0.4, 0.5) is 0 Å². The molecule has 8 heteroatoms. The van der Waals surface area contributed by atoms with Crippen molar-refractivity contribution in [2.24, 2.45) is 0 Å². The second-order valence-corrected chi connectivity index (χ2v) is 6.99. The molecule has 1 atom stereocenters. The molecule has 24 heavy (non-hydrogen) atoms. The number of benzene rings is 1. The Balaban J connectivity index is 1.77.